The van der Waals surface area contributed by atoms with Crippen LogP contribution >= 0.6 is 0 Å². The van der Waals surface area contributed by atoms with Gasteiger partial charge < -0.3 is 15.0 Å². The lowest BCUT2D eigenvalue weighted by Crippen LogP contribution is -2.58. The van der Waals surface area contributed by atoms with E-state index in [9.17, 15) is 4.79 Å². The Balaban J connectivity index is 2.13. The van der Waals surface area contributed by atoms with Crippen molar-refractivity contribution < 1.29 is 9.53 Å². The van der Waals surface area contributed by atoms with Crippen molar-refractivity contribution in [3.05, 3.63) is 29.8 Å². The minimum Gasteiger partial charge on any atom is -0.491 e. The van der Waals surface area contributed by atoms with Gasteiger partial charge in [-0.3, -0.25) is 4.79 Å². The highest BCUT2D eigenvalue weighted by molar-refractivity contribution is 5.94. The van der Waals surface area contributed by atoms with Crippen molar-refractivity contribution >= 4 is 5.91 Å². The SMILES string of the molecule is CCN(C(=O)c1cccc(OC(C)C)c1)C1CNC1. The highest BCUT2D eigenvalue weighted by Crippen LogP contribution is 2.18. The summed E-state index contributed by atoms with van der Waals surface area (Å²) in [7, 11) is 0. The van der Waals surface area contributed by atoms with Gasteiger partial charge in [-0.05, 0) is 39.0 Å². The second-order valence-electron chi connectivity index (χ2n) is 5.10. The molecule has 1 saturated heterocycles. The lowest BCUT2D eigenvalue weighted by molar-refractivity contribution is 0.0629. The Morgan fingerprint density at radius 1 is 1.47 bits per heavy atom. The Kier molecular flexibility index (Phi) is 4.43. The topological polar surface area (TPSA) is 41.6 Å². The van der Waals surface area contributed by atoms with Crippen LogP contribution in [0.25, 0.3) is 0 Å². The first-order valence-electron chi connectivity index (χ1n) is 6.90. The molecule has 1 aliphatic heterocycles. The molecule has 1 aromatic carbocycles. The van der Waals surface area contributed by atoms with E-state index in [0.717, 1.165) is 25.4 Å². The fourth-order valence-corrected chi connectivity index (χ4v) is 2.20. The molecule has 0 bridgehead atoms. The first kappa shape index (κ1) is 13.9. The number of carbonyl (C=O) groups excluding carboxylic acids is 1. The summed E-state index contributed by atoms with van der Waals surface area (Å²) in [6.45, 7) is 8.49. The Bertz CT molecular complexity index is 442. The highest BCUT2D eigenvalue weighted by atomic mass is 16.5. The third-order valence-corrected chi connectivity index (χ3v) is 3.26. The molecule has 1 amide bonds. The van der Waals surface area contributed by atoms with E-state index in [1.165, 1.54) is 0 Å². The Hall–Kier alpha value is -1.55. The molecular formula is C15H22N2O2. The van der Waals surface area contributed by atoms with E-state index in [2.05, 4.69) is 5.32 Å². The van der Waals surface area contributed by atoms with Gasteiger partial charge in [0.2, 0.25) is 0 Å². The summed E-state index contributed by atoms with van der Waals surface area (Å²) in [5.41, 5.74) is 0.701. The van der Waals surface area contributed by atoms with E-state index in [1.54, 1.807) is 0 Å². The molecule has 19 heavy (non-hydrogen) atoms. The zero-order chi connectivity index (χ0) is 13.8. The lowest BCUT2D eigenvalue weighted by atomic mass is 10.1. The van der Waals surface area contributed by atoms with Crippen LogP contribution in [0, 0.1) is 0 Å². The Labute approximate surface area is 114 Å². The number of carbonyl (C=O) groups is 1. The van der Waals surface area contributed by atoms with E-state index >= 15 is 0 Å². The average molecular weight is 262 g/mol. The molecule has 0 atom stereocenters. The monoisotopic (exact) mass is 262 g/mol. The van der Waals surface area contributed by atoms with E-state index in [-0.39, 0.29) is 12.0 Å². The molecule has 0 radical (unpaired) electrons. The van der Waals surface area contributed by atoms with Crippen LogP contribution in [0.5, 0.6) is 5.75 Å². The molecule has 1 N–H and O–H groups in total. The van der Waals surface area contributed by atoms with Crippen LogP contribution in [-0.2, 0) is 0 Å². The van der Waals surface area contributed by atoms with Crippen LogP contribution in [0.3, 0.4) is 0 Å². The molecular weight excluding hydrogens is 240 g/mol. The first-order valence-corrected chi connectivity index (χ1v) is 6.90. The molecule has 104 valence electrons. The van der Waals surface area contributed by atoms with Gasteiger partial charge in [-0.1, -0.05) is 6.07 Å². The number of nitrogens with zero attached hydrogens (tertiary/aromatic N) is 1. The highest BCUT2D eigenvalue weighted by Gasteiger charge is 2.27. The molecule has 0 saturated carbocycles. The summed E-state index contributed by atoms with van der Waals surface area (Å²) >= 11 is 0. The molecule has 4 nitrogen and oxygen atoms in total. The van der Waals surface area contributed by atoms with Crippen LogP contribution in [0.2, 0.25) is 0 Å². The largest absolute Gasteiger partial charge is 0.491 e. The van der Waals surface area contributed by atoms with Crippen LogP contribution < -0.4 is 10.1 Å². The average Bonchev–Trinajstić information content (AvgIpc) is 2.32. The smallest absolute Gasteiger partial charge is 0.254 e. The fourth-order valence-electron chi connectivity index (χ4n) is 2.20. The number of nitrogens with one attached hydrogen (secondary N) is 1. The van der Waals surface area contributed by atoms with E-state index in [1.807, 2.05) is 49.9 Å². The summed E-state index contributed by atoms with van der Waals surface area (Å²) in [6, 6.07) is 7.77. The minimum atomic E-state index is 0.0863. The predicted octanol–water partition coefficient (Wildman–Crippen LogP) is 1.91. The van der Waals surface area contributed by atoms with Crippen molar-refractivity contribution in [2.45, 2.75) is 32.9 Å². The van der Waals surface area contributed by atoms with Gasteiger partial charge >= 0.3 is 0 Å². The number of benzene rings is 1. The number of ether oxygens (including phenoxy) is 1. The normalized spacial score (nSPS) is 15.2. The van der Waals surface area contributed by atoms with E-state index in [4.69, 9.17) is 4.74 Å². The summed E-state index contributed by atoms with van der Waals surface area (Å²) in [4.78, 5) is 14.4. The molecule has 1 aromatic rings. The molecule has 0 aliphatic carbocycles. The standard InChI is InChI=1S/C15H22N2O2/c1-4-17(13-9-16-10-13)15(18)12-6-5-7-14(8-12)19-11(2)3/h5-8,11,13,16H,4,9-10H2,1-3H3. The number of amides is 1. The molecule has 0 spiro atoms. The summed E-state index contributed by atoms with van der Waals surface area (Å²) in [6.07, 6.45) is 0.114. The second kappa shape index (κ2) is 6.06. The fraction of sp³-hybridized carbons (Fsp3) is 0.533. The van der Waals surface area contributed by atoms with Crippen molar-refractivity contribution in [1.29, 1.82) is 0 Å². The molecule has 1 heterocycles. The van der Waals surface area contributed by atoms with Gasteiger partial charge in [0.05, 0.1) is 12.1 Å². The number of likely N-dealkylation sites (N-methyl/N-ethyl adjacent to an activating group) is 1. The van der Waals surface area contributed by atoms with E-state index < -0.39 is 0 Å². The van der Waals surface area contributed by atoms with Crippen molar-refractivity contribution in [2.75, 3.05) is 19.6 Å². The van der Waals surface area contributed by atoms with E-state index in [0.29, 0.717) is 11.6 Å². The van der Waals surface area contributed by atoms with Crippen LogP contribution in [0.15, 0.2) is 24.3 Å². The van der Waals surface area contributed by atoms with Crippen LogP contribution in [0.1, 0.15) is 31.1 Å². The van der Waals surface area contributed by atoms with Gasteiger partial charge in [0, 0.05) is 25.2 Å². The van der Waals surface area contributed by atoms with Crippen LogP contribution in [-0.4, -0.2) is 42.6 Å². The van der Waals surface area contributed by atoms with Crippen molar-refractivity contribution in [1.82, 2.24) is 10.2 Å². The van der Waals surface area contributed by atoms with Gasteiger partial charge in [0.1, 0.15) is 5.75 Å². The molecule has 2 rings (SSSR count). The maximum absolute atomic E-state index is 12.5. The maximum Gasteiger partial charge on any atom is 0.254 e. The Morgan fingerprint density at radius 2 is 2.21 bits per heavy atom. The molecule has 0 unspecified atom stereocenters. The predicted molar refractivity (Wildman–Crippen MR) is 75.6 cm³/mol. The van der Waals surface area contributed by atoms with Gasteiger partial charge in [-0.15, -0.1) is 0 Å². The molecule has 0 aromatic heterocycles. The van der Waals surface area contributed by atoms with Crippen molar-refractivity contribution in [2.24, 2.45) is 0 Å². The maximum atomic E-state index is 12.5. The minimum absolute atomic E-state index is 0.0863. The van der Waals surface area contributed by atoms with Gasteiger partial charge in [-0.2, -0.15) is 0 Å². The third-order valence-electron chi connectivity index (χ3n) is 3.26. The number of hydrogen-bond donors (Lipinski definition) is 1. The van der Waals surface area contributed by atoms with Crippen molar-refractivity contribution in [3.8, 4) is 5.75 Å². The van der Waals surface area contributed by atoms with Crippen LogP contribution in [0.4, 0.5) is 0 Å². The van der Waals surface area contributed by atoms with Crippen molar-refractivity contribution in [3.63, 3.8) is 0 Å². The zero-order valence-electron chi connectivity index (χ0n) is 11.8. The quantitative estimate of drug-likeness (QED) is 0.881. The molecule has 1 aliphatic rings. The summed E-state index contributed by atoms with van der Waals surface area (Å²) in [5.74, 6) is 0.840. The summed E-state index contributed by atoms with van der Waals surface area (Å²) < 4.78 is 5.64. The Morgan fingerprint density at radius 3 is 2.74 bits per heavy atom. The first-order chi connectivity index (χ1) is 9.11. The lowest BCUT2D eigenvalue weighted by Gasteiger charge is -2.37. The third kappa shape index (κ3) is 3.26. The molecule has 4 heteroatoms. The number of rotatable bonds is 5. The zero-order valence-corrected chi connectivity index (χ0v) is 11.8. The van der Waals surface area contributed by atoms with Gasteiger partial charge in [0.25, 0.3) is 5.91 Å². The van der Waals surface area contributed by atoms with Gasteiger partial charge in [0.15, 0.2) is 0 Å². The summed E-state index contributed by atoms with van der Waals surface area (Å²) in [5, 5.41) is 3.20. The second-order valence-corrected chi connectivity index (χ2v) is 5.10. The molecule has 1 fully saturated rings. The van der Waals surface area contributed by atoms with Gasteiger partial charge in [-0.25, -0.2) is 0 Å². The number of hydrogen-bond acceptors (Lipinski definition) is 3.